The lowest BCUT2D eigenvalue weighted by Gasteiger charge is -2.22. The molecule has 0 saturated carbocycles. The lowest BCUT2D eigenvalue weighted by molar-refractivity contribution is -0.141. The van der Waals surface area contributed by atoms with Gasteiger partial charge in [0.05, 0.1) is 18.3 Å². The standard InChI is InChI=1S/C23H27NO4/c1-14(2)28-19-8-6-18(7-9-19)13-24-21-16(4)10-15(3)11-20(21)23(27,22(24)26)12-17(5)25/h6-11,14,27H,12-13H2,1-5H3/t23-/m0/s1. The number of amides is 1. The van der Waals surface area contributed by atoms with Crippen molar-refractivity contribution in [1.29, 1.82) is 0 Å². The van der Waals surface area contributed by atoms with Crippen LogP contribution in [0.2, 0.25) is 0 Å². The maximum Gasteiger partial charge on any atom is 0.264 e. The lowest BCUT2D eigenvalue weighted by atomic mass is 9.88. The van der Waals surface area contributed by atoms with Crippen LogP contribution in [0, 0.1) is 13.8 Å². The molecule has 0 radical (unpaired) electrons. The number of rotatable bonds is 6. The maximum atomic E-state index is 13.2. The van der Waals surface area contributed by atoms with Gasteiger partial charge in [-0.25, -0.2) is 0 Å². The Balaban J connectivity index is 1.98. The van der Waals surface area contributed by atoms with Crippen molar-refractivity contribution in [2.75, 3.05) is 4.90 Å². The van der Waals surface area contributed by atoms with Crippen molar-refractivity contribution in [3.8, 4) is 5.75 Å². The van der Waals surface area contributed by atoms with Gasteiger partial charge < -0.3 is 14.7 Å². The fourth-order valence-corrected chi connectivity index (χ4v) is 3.88. The summed E-state index contributed by atoms with van der Waals surface area (Å²) >= 11 is 0. The molecule has 1 N–H and O–H groups in total. The third-order valence-electron chi connectivity index (χ3n) is 4.90. The van der Waals surface area contributed by atoms with Crippen LogP contribution in [-0.4, -0.2) is 22.9 Å². The molecule has 0 unspecified atom stereocenters. The zero-order chi connectivity index (χ0) is 20.6. The van der Waals surface area contributed by atoms with Gasteiger partial charge in [-0.1, -0.05) is 29.8 Å². The topological polar surface area (TPSA) is 66.8 Å². The van der Waals surface area contributed by atoms with Crippen LogP contribution in [0.25, 0.3) is 0 Å². The first kappa shape index (κ1) is 20.1. The second-order valence-electron chi connectivity index (χ2n) is 7.92. The molecular formula is C23H27NO4. The van der Waals surface area contributed by atoms with Gasteiger partial charge in [0.2, 0.25) is 0 Å². The molecule has 0 aromatic heterocycles. The van der Waals surface area contributed by atoms with Crippen LogP contribution >= 0.6 is 0 Å². The molecule has 2 aromatic carbocycles. The van der Waals surface area contributed by atoms with E-state index in [1.165, 1.54) is 6.92 Å². The minimum Gasteiger partial charge on any atom is -0.491 e. The molecule has 0 bridgehead atoms. The number of fused-ring (bicyclic) bond motifs is 1. The van der Waals surface area contributed by atoms with E-state index in [1.54, 1.807) is 4.90 Å². The first-order chi connectivity index (χ1) is 13.1. The van der Waals surface area contributed by atoms with Crippen LogP contribution in [-0.2, 0) is 21.7 Å². The lowest BCUT2D eigenvalue weighted by Crippen LogP contribution is -2.41. The summed E-state index contributed by atoms with van der Waals surface area (Å²) in [6.45, 7) is 9.48. The highest BCUT2D eigenvalue weighted by atomic mass is 16.5. The monoisotopic (exact) mass is 381 g/mol. The Kier molecular flexibility index (Phi) is 5.31. The van der Waals surface area contributed by atoms with E-state index in [-0.39, 0.29) is 18.3 Å². The predicted octanol–water partition coefficient (Wildman–Crippen LogP) is 3.80. The molecule has 2 aromatic rings. The molecule has 1 heterocycles. The van der Waals surface area contributed by atoms with E-state index in [9.17, 15) is 14.7 Å². The molecule has 1 atom stereocenters. The average Bonchev–Trinajstić information content (AvgIpc) is 2.77. The van der Waals surface area contributed by atoms with Gasteiger partial charge in [-0.05, 0) is 57.9 Å². The fraction of sp³-hybridized carbons (Fsp3) is 0.391. The van der Waals surface area contributed by atoms with E-state index in [0.717, 1.165) is 22.4 Å². The SMILES string of the molecule is CC(=O)C[C@@]1(O)C(=O)N(Cc2ccc(OC(C)C)cc2)c2c(C)cc(C)cc21. The Labute approximate surface area is 165 Å². The minimum absolute atomic E-state index is 0.0883. The summed E-state index contributed by atoms with van der Waals surface area (Å²) in [5.74, 6) is 0.0960. The quantitative estimate of drug-likeness (QED) is 0.826. The van der Waals surface area contributed by atoms with Gasteiger partial charge >= 0.3 is 0 Å². The summed E-state index contributed by atoms with van der Waals surface area (Å²) in [5.41, 5.74) is 2.18. The Morgan fingerprint density at radius 1 is 1.18 bits per heavy atom. The van der Waals surface area contributed by atoms with E-state index in [4.69, 9.17) is 4.74 Å². The molecule has 0 saturated heterocycles. The number of benzene rings is 2. The smallest absolute Gasteiger partial charge is 0.264 e. The zero-order valence-electron chi connectivity index (χ0n) is 17.1. The molecule has 0 fully saturated rings. The van der Waals surface area contributed by atoms with Crippen LogP contribution in [0.4, 0.5) is 5.69 Å². The molecular weight excluding hydrogens is 354 g/mol. The van der Waals surface area contributed by atoms with Crippen molar-refractivity contribution in [1.82, 2.24) is 0 Å². The van der Waals surface area contributed by atoms with E-state index in [1.807, 2.05) is 64.1 Å². The zero-order valence-corrected chi connectivity index (χ0v) is 17.1. The number of carbonyl (C=O) groups is 2. The number of Topliss-reactive ketones (excluding diaryl/α,β-unsaturated/α-hetero) is 1. The first-order valence-electron chi connectivity index (χ1n) is 9.53. The average molecular weight is 381 g/mol. The Morgan fingerprint density at radius 2 is 1.82 bits per heavy atom. The van der Waals surface area contributed by atoms with Gasteiger partial charge in [-0.3, -0.25) is 9.59 Å². The molecule has 1 aliphatic heterocycles. The summed E-state index contributed by atoms with van der Waals surface area (Å²) in [4.78, 5) is 26.6. The molecule has 28 heavy (non-hydrogen) atoms. The minimum atomic E-state index is -1.81. The molecule has 3 rings (SSSR count). The second-order valence-corrected chi connectivity index (χ2v) is 7.92. The van der Waals surface area contributed by atoms with Crippen LogP contribution in [0.3, 0.4) is 0 Å². The summed E-state index contributed by atoms with van der Waals surface area (Å²) in [5, 5.41) is 11.2. The number of ether oxygens (including phenoxy) is 1. The Hall–Kier alpha value is -2.66. The molecule has 1 aliphatic rings. The number of carbonyl (C=O) groups excluding carboxylic acids is 2. The largest absolute Gasteiger partial charge is 0.491 e. The molecule has 5 heteroatoms. The van der Waals surface area contributed by atoms with Crippen LogP contribution in [0.1, 0.15) is 49.4 Å². The van der Waals surface area contributed by atoms with Crippen LogP contribution in [0.5, 0.6) is 5.75 Å². The summed E-state index contributed by atoms with van der Waals surface area (Å²) in [6.07, 6.45) is -0.135. The fourth-order valence-electron chi connectivity index (χ4n) is 3.88. The van der Waals surface area contributed by atoms with Crippen LogP contribution < -0.4 is 9.64 Å². The third kappa shape index (κ3) is 3.67. The van der Waals surface area contributed by atoms with Gasteiger partial charge in [0.1, 0.15) is 11.5 Å². The Bertz CT molecular complexity index is 917. The number of aryl methyl sites for hydroxylation is 2. The van der Waals surface area contributed by atoms with Crippen molar-refractivity contribution in [2.45, 2.75) is 59.3 Å². The molecule has 148 valence electrons. The van der Waals surface area contributed by atoms with E-state index in [2.05, 4.69) is 0 Å². The number of ketones is 1. The van der Waals surface area contributed by atoms with Crippen molar-refractivity contribution < 1.29 is 19.4 Å². The summed E-state index contributed by atoms with van der Waals surface area (Å²) in [7, 11) is 0. The van der Waals surface area contributed by atoms with Crippen molar-refractivity contribution in [2.24, 2.45) is 0 Å². The maximum absolute atomic E-state index is 13.2. The van der Waals surface area contributed by atoms with Crippen molar-refractivity contribution in [3.05, 3.63) is 58.7 Å². The van der Waals surface area contributed by atoms with Gasteiger partial charge in [-0.2, -0.15) is 0 Å². The normalized spacial score (nSPS) is 18.5. The summed E-state index contributed by atoms with van der Waals surface area (Å²) < 4.78 is 5.67. The van der Waals surface area contributed by atoms with E-state index < -0.39 is 11.5 Å². The second kappa shape index (κ2) is 7.40. The molecule has 0 spiro atoms. The summed E-state index contributed by atoms with van der Waals surface area (Å²) in [6, 6.07) is 11.4. The number of hydrogen-bond acceptors (Lipinski definition) is 4. The van der Waals surface area contributed by atoms with Crippen molar-refractivity contribution >= 4 is 17.4 Å². The number of anilines is 1. The van der Waals surface area contributed by atoms with Gasteiger partial charge in [-0.15, -0.1) is 0 Å². The van der Waals surface area contributed by atoms with Crippen molar-refractivity contribution in [3.63, 3.8) is 0 Å². The van der Waals surface area contributed by atoms with Gasteiger partial charge in [0.15, 0.2) is 5.60 Å². The molecule has 1 amide bonds. The highest BCUT2D eigenvalue weighted by molar-refractivity contribution is 6.09. The van der Waals surface area contributed by atoms with E-state index >= 15 is 0 Å². The highest BCUT2D eigenvalue weighted by Gasteiger charge is 2.51. The van der Waals surface area contributed by atoms with Gasteiger partial charge in [0.25, 0.3) is 5.91 Å². The first-order valence-corrected chi connectivity index (χ1v) is 9.53. The molecule has 0 aliphatic carbocycles. The van der Waals surface area contributed by atoms with Gasteiger partial charge in [0, 0.05) is 12.0 Å². The number of hydrogen-bond donors (Lipinski definition) is 1. The highest BCUT2D eigenvalue weighted by Crippen LogP contribution is 2.45. The number of nitrogens with zero attached hydrogens (tertiary/aromatic N) is 1. The molecule has 5 nitrogen and oxygen atoms in total. The predicted molar refractivity (Wildman–Crippen MR) is 109 cm³/mol. The van der Waals surface area contributed by atoms with Crippen LogP contribution in [0.15, 0.2) is 36.4 Å². The Morgan fingerprint density at radius 3 is 2.39 bits per heavy atom. The van der Waals surface area contributed by atoms with E-state index in [0.29, 0.717) is 17.8 Å². The third-order valence-corrected chi connectivity index (χ3v) is 4.90. The number of aliphatic hydroxyl groups is 1.